The minimum Gasteiger partial charge on any atom is -0.480 e. The van der Waals surface area contributed by atoms with Crippen LogP contribution in [0.25, 0.3) is 31.8 Å². The second-order valence-electron chi connectivity index (χ2n) is 8.97. The van der Waals surface area contributed by atoms with E-state index in [1.807, 2.05) is 32.0 Å². The first kappa shape index (κ1) is 25.1. The molecule has 0 saturated carbocycles. The fraction of sp³-hybridized carbons (Fsp3) is 0.222. The number of fused-ring (bicyclic) bond motifs is 4. The Bertz CT molecular complexity index is 1760. The van der Waals surface area contributed by atoms with E-state index < -0.39 is 12.4 Å². The summed E-state index contributed by atoms with van der Waals surface area (Å²) in [5, 5.41) is 1.19. The highest BCUT2D eigenvalue weighted by molar-refractivity contribution is 7.22. The third kappa shape index (κ3) is 4.64. The van der Waals surface area contributed by atoms with Crippen molar-refractivity contribution in [2.24, 2.45) is 0 Å². The first-order valence-electron chi connectivity index (χ1n) is 11.9. The smallest absolute Gasteiger partial charge is 0.417 e. The Morgan fingerprint density at radius 1 is 1.13 bits per heavy atom. The van der Waals surface area contributed by atoms with Gasteiger partial charge in [0.05, 0.1) is 46.8 Å². The average Bonchev–Trinajstić information content (AvgIpc) is 3.38. The highest BCUT2D eigenvalue weighted by Gasteiger charge is 2.30. The highest BCUT2D eigenvalue weighted by atomic mass is 35.5. The Morgan fingerprint density at radius 2 is 1.97 bits per heavy atom. The molecule has 1 aliphatic heterocycles. The standard InChI is InChI=1S/C27H22ClN5O5S/c1-13-5-17(23-18(6-13)31-20(35-4)11-30-23)26-32-22-14(2)7-19-24(25(22)39-26)36-12-21(37-19)38-27(34)33(3)16-8-15(28)9-29-10-16/h5-11,21H,12H2,1-4H3. The lowest BCUT2D eigenvalue weighted by molar-refractivity contribution is -0.0718. The summed E-state index contributed by atoms with van der Waals surface area (Å²) in [6.45, 7) is 3.97. The minimum absolute atomic E-state index is 0.0183. The number of anilines is 1. The molecule has 39 heavy (non-hydrogen) atoms. The largest absolute Gasteiger partial charge is 0.480 e. The summed E-state index contributed by atoms with van der Waals surface area (Å²) in [6.07, 6.45) is 3.04. The maximum absolute atomic E-state index is 12.7. The van der Waals surface area contributed by atoms with Crippen LogP contribution in [0.5, 0.6) is 17.4 Å². The normalized spacial score (nSPS) is 14.4. The maximum atomic E-state index is 12.7. The number of hydrogen-bond donors (Lipinski definition) is 0. The number of methoxy groups -OCH3 is 1. The molecule has 198 valence electrons. The van der Waals surface area contributed by atoms with E-state index in [-0.39, 0.29) is 6.61 Å². The molecule has 0 radical (unpaired) electrons. The predicted molar refractivity (Wildman–Crippen MR) is 148 cm³/mol. The number of thiazole rings is 1. The lowest BCUT2D eigenvalue weighted by Gasteiger charge is -2.28. The van der Waals surface area contributed by atoms with Crippen LogP contribution in [-0.4, -0.2) is 53.1 Å². The van der Waals surface area contributed by atoms with E-state index in [2.05, 4.69) is 15.0 Å². The molecule has 3 aromatic heterocycles. The number of hydrogen-bond acceptors (Lipinski definition) is 10. The number of pyridine rings is 1. The molecule has 1 aliphatic rings. The van der Waals surface area contributed by atoms with Crippen LogP contribution in [0.15, 0.2) is 42.9 Å². The summed E-state index contributed by atoms with van der Waals surface area (Å²) in [6, 6.07) is 7.46. The molecule has 12 heteroatoms. The molecule has 0 spiro atoms. The van der Waals surface area contributed by atoms with Gasteiger partial charge in [-0.05, 0) is 49.2 Å². The number of halogens is 1. The van der Waals surface area contributed by atoms with Crippen LogP contribution in [0.2, 0.25) is 5.02 Å². The maximum Gasteiger partial charge on any atom is 0.417 e. The zero-order valence-electron chi connectivity index (χ0n) is 21.4. The molecule has 0 N–H and O–H groups in total. The number of rotatable bonds is 4. The Kier molecular flexibility index (Phi) is 6.32. The SMILES string of the molecule is COc1cnc2c(-c3nc4c(C)cc5c(c4s3)OCC(OC(=O)N(C)c3cncc(Cl)c3)O5)cc(C)cc2n1. The summed E-state index contributed by atoms with van der Waals surface area (Å²) >= 11 is 7.47. The lowest BCUT2D eigenvalue weighted by Crippen LogP contribution is -2.38. The Hall–Kier alpha value is -4.22. The lowest BCUT2D eigenvalue weighted by atomic mass is 10.1. The Balaban J connectivity index is 1.30. The second-order valence-corrected chi connectivity index (χ2v) is 10.4. The zero-order valence-corrected chi connectivity index (χ0v) is 23.0. The van der Waals surface area contributed by atoms with Crippen molar-refractivity contribution >= 4 is 56.0 Å². The van der Waals surface area contributed by atoms with Crippen molar-refractivity contribution in [2.75, 3.05) is 25.7 Å². The van der Waals surface area contributed by atoms with Crippen molar-refractivity contribution in [3.8, 4) is 28.0 Å². The quantitative estimate of drug-likeness (QED) is 0.262. The first-order valence-corrected chi connectivity index (χ1v) is 13.1. The minimum atomic E-state index is -0.935. The van der Waals surface area contributed by atoms with Gasteiger partial charge in [0.15, 0.2) is 18.1 Å². The molecule has 6 rings (SSSR count). The molecule has 0 aliphatic carbocycles. The topological polar surface area (TPSA) is 109 Å². The van der Waals surface area contributed by atoms with Gasteiger partial charge in [-0.15, -0.1) is 11.3 Å². The first-order chi connectivity index (χ1) is 18.8. The fourth-order valence-electron chi connectivity index (χ4n) is 4.30. The number of carbonyl (C=O) groups excluding carboxylic acids is 1. The summed E-state index contributed by atoms with van der Waals surface area (Å²) < 4.78 is 23.7. The van der Waals surface area contributed by atoms with E-state index in [0.717, 1.165) is 42.9 Å². The molecule has 1 unspecified atom stereocenters. The van der Waals surface area contributed by atoms with Crippen molar-refractivity contribution < 1.29 is 23.7 Å². The molecule has 0 bridgehead atoms. The molecule has 4 heterocycles. The molecule has 5 aromatic rings. The summed E-state index contributed by atoms with van der Waals surface area (Å²) in [5.41, 5.74) is 5.55. The van der Waals surface area contributed by atoms with Gasteiger partial charge in [-0.25, -0.2) is 19.7 Å². The number of nitrogens with zero attached hydrogens (tertiary/aromatic N) is 5. The monoisotopic (exact) mass is 563 g/mol. The van der Waals surface area contributed by atoms with E-state index in [1.165, 1.54) is 28.6 Å². The third-order valence-corrected chi connectivity index (χ3v) is 7.49. The van der Waals surface area contributed by atoms with Crippen LogP contribution >= 0.6 is 22.9 Å². The number of carbonyl (C=O) groups is 1. The van der Waals surface area contributed by atoms with E-state index in [9.17, 15) is 4.79 Å². The van der Waals surface area contributed by atoms with E-state index >= 15 is 0 Å². The van der Waals surface area contributed by atoms with Crippen LogP contribution in [0.3, 0.4) is 0 Å². The van der Waals surface area contributed by atoms with Crippen molar-refractivity contribution in [1.82, 2.24) is 19.9 Å². The summed E-state index contributed by atoms with van der Waals surface area (Å²) in [7, 11) is 3.13. The third-order valence-electron chi connectivity index (χ3n) is 6.19. The molecule has 10 nitrogen and oxygen atoms in total. The van der Waals surface area contributed by atoms with Gasteiger partial charge in [0.2, 0.25) is 5.88 Å². The molecule has 2 aromatic carbocycles. The van der Waals surface area contributed by atoms with Crippen LogP contribution in [0.1, 0.15) is 11.1 Å². The van der Waals surface area contributed by atoms with Gasteiger partial charge in [0, 0.05) is 18.8 Å². The van der Waals surface area contributed by atoms with Crippen LogP contribution in [0.4, 0.5) is 10.5 Å². The zero-order chi connectivity index (χ0) is 27.3. The van der Waals surface area contributed by atoms with E-state index in [4.69, 9.17) is 35.5 Å². The predicted octanol–water partition coefficient (Wildman–Crippen LogP) is 5.95. The second kappa shape index (κ2) is 9.83. The van der Waals surface area contributed by atoms with Crippen molar-refractivity contribution in [2.45, 2.75) is 20.1 Å². The number of aromatic nitrogens is 4. The van der Waals surface area contributed by atoms with Gasteiger partial charge < -0.3 is 18.9 Å². The van der Waals surface area contributed by atoms with E-state index in [0.29, 0.717) is 28.1 Å². The number of benzene rings is 2. The summed E-state index contributed by atoms with van der Waals surface area (Å²) in [5.74, 6) is 1.48. The average molecular weight is 564 g/mol. The molecule has 0 fully saturated rings. The molecule has 1 amide bonds. The molecule has 1 atom stereocenters. The van der Waals surface area contributed by atoms with Gasteiger partial charge in [-0.1, -0.05) is 11.6 Å². The van der Waals surface area contributed by atoms with Crippen molar-refractivity contribution in [3.63, 3.8) is 0 Å². The van der Waals surface area contributed by atoms with Gasteiger partial charge in [0.25, 0.3) is 6.29 Å². The fourth-order valence-corrected chi connectivity index (χ4v) is 5.62. The molecular weight excluding hydrogens is 542 g/mol. The molecule has 0 saturated heterocycles. The van der Waals surface area contributed by atoms with Crippen LogP contribution in [-0.2, 0) is 4.74 Å². The van der Waals surface area contributed by atoms with Crippen LogP contribution < -0.4 is 19.1 Å². The van der Waals surface area contributed by atoms with Crippen molar-refractivity contribution in [1.29, 1.82) is 0 Å². The van der Waals surface area contributed by atoms with Gasteiger partial charge >= 0.3 is 6.09 Å². The Morgan fingerprint density at radius 3 is 2.77 bits per heavy atom. The number of amides is 1. The van der Waals surface area contributed by atoms with Crippen molar-refractivity contribution in [3.05, 3.63) is 59.0 Å². The van der Waals surface area contributed by atoms with E-state index in [1.54, 1.807) is 26.4 Å². The van der Waals surface area contributed by atoms with Gasteiger partial charge in [-0.3, -0.25) is 9.88 Å². The summed E-state index contributed by atoms with van der Waals surface area (Å²) in [4.78, 5) is 32.1. The molecular formula is C27H22ClN5O5S. The Labute approximate surface area is 232 Å². The highest BCUT2D eigenvalue weighted by Crippen LogP contribution is 2.46. The van der Waals surface area contributed by atoms with Gasteiger partial charge in [0.1, 0.15) is 9.71 Å². The van der Waals surface area contributed by atoms with Gasteiger partial charge in [-0.2, -0.15) is 0 Å². The number of aryl methyl sites for hydroxylation is 2. The van der Waals surface area contributed by atoms with Crippen LogP contribution in [0, 0.1) is 13.8 Å². The number of ether oxygens (including phenoxy) is 4.